The third-order valence-electron chi connectivity index (χ3n) is 1.77. The standard InChI is InChI=1S/C7H13NO2S/c8-4-3-7-2-1-5-11(9,10)6-7/h3H,1-2,4-6,8H2/b7-3-. The van der Waals surface area contributed by atoms with Gasteiger partial charge < -0.3 is 5.73 Å². The van der Waals surface area contributed by atoms with Crippen molar-refractivity contribution in [1.29, 1.82) is 0 Å². The number of hydrogen-bond acceptors (Lipinski definition) is 3. The van der Waals surface area contributed by atoms with E-state index < -0.39 is 9.84 Å². The Kier molecular flexibility index (Phi) is 2.67. The molecule has 0 radical (unpaired) electrons. The van der Waals surface area contributed by atoms with E-state index in [9.17, 15) is 8.42 Å². The van der Waals surface area contributed by atoms with Gasteiger partial charge in [0.25, 0.3) is 0 Å². The van der Waals surface area contributed by atoms with Crippen LogP contribution in [0.5, 0.6) is 0 Å². The van der Waals surface area contributed by atoms with Crippen molar-refractivity contribution >= 4 is 9.84 Å². The van der Waals surface area contributed by atoms with E-state index >= 15 is 0 Å². The van der Waals surface area contributed by atoms with Crippen LogP contribution in [0, 0.1) is 0 Å². The highest BCUT2D eigenvalue weighted by molar-refractivity contribution is 7.91. The van der Waals surface area contributed by atoms with Crippen LogP contribution in [0.25, 0.3) is 0 Å². The first-order valence-electron chi connectivity index (χ1n) is 3.72. The molecule has 0 aliphatic carbocycles. The van der Waals surface area contributed by atoms with Crippen molar-refractivity contribution in [3.05, 3.63) is 11.6 Å². The molecular formula is C7H13NO2S. The van der Waals surface area contributed by atoms with Crippen LogP contribution in [0.1, 0.15) is 12.8 Å². The summed E-state index contributed by atoms with van der Waals surface area (Å²) in [6.45, 7) is 0.449. The molecule has 0 aromatic heterocycles. The minimum absolute atomic E-state index is 0.226. The Morgan fingerprint density at radius 3 is 2.82 bits per heavy atom. The third-order valence-corrected chi connectivity index (χ3v) is 3.49. The Balaban J connectivity index is 2.68. The molecule has 0 saturated carbocycles. The lowest BCUT2D eigenvalue weighted by molar-refractivity contribution is 0.589. The Labute approximate surface area is 67.2 Å². The van der Waals surface area contributed by atoms with Crippen LogP contribution in [0.4, 0.5) is 0 Å². The van der Waals surface area contributed by atoms with Crippen molar-refractivity contribution in [2.24, 2.45) is 5.73 Å². The van der Waals surface area contributed by atoms with Gasteiger partial charge in [-0.3, -0.25) is 0 Å². The Morgan fingerprint density at radius 1 is 1.55 bits per heavy atom. The van der Waals surface area contributed by atoms with Crippen molar-refractivity contribution in [2.45, 2.75) is 12.8 Å². The predicted octanol–water partition coefficient (Wildman–Crippen LogP) is 0.0801. The molecule has 64 valence electrons. The normalized spacial score (nSPS) is 27.2. The van der Waals surface area contributed by atoms with E-state index in [0.717, 1.165) is 18.4 Å². The van der Waals surface area contributed by atoms with E-state index in [1.165, 1.54) is 0 Å². The molecule has 4 heteroatoms. The van der Waals surface area contributed by atoms with Gasteiger partial charge in [-0.05, 0) is 12.8 Å². The molecule has 1 saturated heterocycles. The molecule has 0 unspecified atom stereocenters. The molecule has 0 aromatic carbocycles. The fourth-order valence-electron chi connectivity index (χ4n) is 1.27. The van der Waals surface area contributed by atoms with Crippen LogP contribution in [-0.2, 0) is 9.84 Å². The molecule has 1 aliphatic heterocycles. The van der Waals surface area contributed by atoms with E-state index in [-0.39, 0.29) is 5.75 Å². The minimum atomic E-state index is -2.78. The maximum atomic E-state index is 11.1. The van der Waals surface area contributed by atoms with Crippen LogP contribution >= 0.6 is 0 Å². The average Bonchev–Trinajstić information content (AvgIpc) is 1.85. The third kappa shape index (κ3) is 2.63. The van der Waals surface area contributed by atoms with E-state index in [1.807, 2.05) is 6.08 Å². The first-order chi connectivity index (χ1) is 5.14. The van der Waals surface area contributed by atoms with Crippen LogP contribution in [0.15, 0.2) is 11.6 Å². The summed E-state index contributed by atoms with van der Waals surface area (Å²) in [6.07, 6.45) is 3.47. The average molecular weight is 175 g/mol. The summed E-state index contributed by atoms with van der Waals surface area (Å²) < 4.78 is 22.1. The second kappa shape index (κ2) is 3.36. The minimum Gasteiger partial charge on any atom is -0.327 e. The van der Waals surface area contributed by atoms with Crippen molar-refractivity contribution in [2.75, 3.05) is 18.1 Å². The van der Waals surface area contributed by atoms with Crippen molar-refractivity contribution in [1.82, 2.24) is 0 Å². The van der Waals surface area contributed by atoms with Gasteiger partial charge in [-0.2, -0.15) is 0 Å². The maximum absolute atomic E-state index is 11.1. The summed E-state index contributed by atoms with van der Waals surface area (Å²) in [5, 5.41) is 0. The molecule has 1 aliphatic rings. The maximum Gasteiger partial charge on any atom is 0.154 e. The summed E-state index contributed by atoms with van der Waals surface area (Å²) in [4.78, 5) is 0. The van der Waals surface area contributed by atoms with E-state index in [2.05, 4.69) is 0 Å². The molecule has 3 nitrogen and oxygen atoms in total. The smallest absolute Gasteiger partial charge is 0.154 e. The summed E-state index contributed by atoms with van der Waals surface area (Å²) in [7, 11) is -2.78. The quantitative estimate of drug-likeness (QED) is 0.574. The Hall–Kier alpha value is -0.350. The summed E-state index contributed by atoms with van der Waals surface area (Å²) in [6, 6.07) is 0. The first-order valence-corrected chi connectivity index (χ1v) is 5.54. The van der Waals surface area contributed by atoms with Crippen LogP contribution in [0.2, 0.25) is 0 Å². The zero-order chi connectivity index (χ0) is 8.32. The lowest BCUT2D eigenvalue weighted by atomic mass is 10.1. The van der Waals surface area contributed by atoms with Gasteiger partial charge in [0, 0.05) is 6.54 Å². The number of sulfone groups is 1. The molecule has 1 heterocycles. The van der Waals surface area contributed by atoms with Crippen molar-refractivity contribution < 1.29 is 8.42 Å². The van der Waals surface area contributed by atoms with Gasteiger partial charge in [0.15, 0.2) is 9.84 Å². The summed E-state index contributed by atoms with van der Waals surface area (Å²) in [5.41, 5.74) is 6.26. The molecule has 1 fully saturated rings. The predicted molar refractivity (Wildman–Crippen MR) is 45.0 cm³/mol. The first kappa shape index (κ1) is 8.74. The van der Waals surface area contributed by atoms with Gasteiger partial charge in [0.05, 0.1) is 11.5 Å². The molecule has 2 N–H and O–H groups in total. The van der Waals surface area contributed by atoms with Gasteiger partial charge in [-0.15, -0.1) is 0 Å². The monoisotopic (exact) mass is 175 g/mol. The lowest BCUT2D eigenvalue weighted by Gasteiger charge is -2.13. The topological polar surface area (TPSA) is 60.2 Å². The zero-order valence-electron chi connectivity index (χ0n) is 6.41. The van der Waals surface area contributed by atoms with Crippen LogP contribution < -0.4 is 5.73 Å². The van der Waals surface area contributed by atoms with Crippen molar-refractivity contribution in [3.8, 4) is 0 Å². The summed E-state index contributed by atoms with van der Waals surface area (Å²) >= 11 is 0. The Bertz CT molecular complexity index is 254. The fraction of sp³-hybridized carbons (Fsp3) is 0.714. The van der Waals surface area contributed by atoms with Gasteiger partial charge in [0.1, 0.15) is 0 Å². The molecule has 0 amide bonds. The van der Waals surface area contributed by atoms with Gasteiger partial charge in [-0.1, -0.05) is 11.6 Å². The van der Waals surface area contributed by atoms with E-state index in [1.54, 1.807) is 0 Å². The second-order valence-corrected chi connectivity index (χ2v) is 4.98. The highest BCUT2D eigenvalue weighted by Crippen LogP contribution is 2.16. The van der Waals surface area contributed by atoms with E-state index in [0.29, 0.717) is 12.3 Å². The zero-order valence-corrected chi connectivity index (χ0v) is 7.23. The van der Waals surface area contributed by atoms with Gasteiger partial charge >= 0.3 is 0 Å². The lowest BCUT2D eigenvalue weighted by Crippen LogP contribution is -2.19. The van der Waals surface area contributed by atoms with Crippen LogP contribution in [-0.4, -0.2) is 26.5 Å². The number of nitrogens with two attached hydrogens (primary N) is 1. The molecule has 11 heavy (non-hydrogen) atoms. The van der Waals surface area contributed by atoms with Gasteiger partial charge in [0.2, 0.25) is 0 Å². The number of hydrogen-bond donors (Lipinski definition) is 1. The second-order valence-electron chi connectivity index (χ2n) is 2.79. The van der Waals surface area contributed by atoms with Crippen LogP contribution in [0.3, 0.4) is 0 Å². The molecule has 0 atom stereocenters. The van der Waals surface area contributed by atoms with Gasteiger partial charge in [-0.25, -0.2) is 8.42 Å². The molecular weight excluding hydrogens is 162 g/mol. The molecule has 1 rings (SSSR count). The molecule has 0 aromatic rings. The fourth-order valence-corrected chi connectivity index (χ4v) is 2.83. The Morgan fingerprint density at radius 2 is 2.27 bits per heavy atom. The largest absolute Gasteiger partial charge is 0.327 e. The molecule has 0 bridgehead atoms. The van der Waals surface area contributed by atoms with E-state index in [4.69, 9.17) is 5.73 Å². The summed E-state index contributed by atoms with van der Waals surface area (Å²) in [5.74, 6) is 0.569. The van der Waals surface area contributed by atoms with Crippen molar-refractivity contribution in [3.63, 3.8) is 0 Å². The SMILES string of the molecule is NC/C=C1/CCCS(=O)(=O)C1. The highest BCUT2D eigenvalue weighted by atomic mass is 32.2. The highest BCUT2D eigenvalue weighted by Gasteiger charge is 2.18. The number of rotatable bonds is 1. The molecule has 0 spiro atoms.